The quantitative estimate of drug-likeness (QED) is 0.0270. The Morgan fingerprint density at radius 2 is 1.35 bits per heavy atom. The topological polar surface area (TPSA) is 371 Å². The van der Waals surface area contributed by atoms with Crippen molar-refractivity contribution < 1.29 is 58.5 Å². The molecule has 8 atom stereocenters. The summed E-state index contributed by atoms with van der Waals surface area (Å²) in [7, 11) is 0. The van der Waals surface area contributed by atoms with E-state index in [1.165, 1.54) is 4.90 Å². The second kappa shape index (κ2) is 24.9. The molecule has 0 aromatic heterocycles. The molecule has 0 spiro atoms. The summed E-state index contributed by atoms with van der Waals surface area (Å²) in [6.45, 7) is 2.55. The van der Waals surface area contributed by atoms with Crippen molar-refractivity contribution in [2.75, 3.05) is 32.8 Å². The molecule has 23 nitrogen and oxygen atoms in total. The summed E-state index contributed by atoms with van der Waals surface area (Å²) >= 11 is 0. The standard InChI is InChI=1S/C40H61N11O12/c1-3-22(2)32(49-30(53)20-41)38(61)50-16-8-13-28(50)36(59)47-26(19-31(54)55)35(58)46-25(18-23-10-5-4-6-11-23)34(57)45-24(12-7-15-44-40(42)43)33(56)48-27(21-52)37(60)51-17-9-14-29(51)39(62)63/h4-6,10-11,22,24-29,32,52H,3,7-9,12-21,41H2,1-2H3,(H,45,57)(H,46,58)(H,47,59)(H,48,56)(H,49,53)(H,54,55)(H,62,63)(H4,42,43,44)/t22-,24-,25-,26-,27-,28-,29-,32-/m0/s1. The van der Waals surface area contributed by atoms with Gasteiger partial charge in [0.25, 0.3) is 0 Å². The molecule has 23 heteroatoms. The number of amides is 7. The molecule has 2 saturated heterocycles. The van der Waals surface area contributed by atoms with E-state index in [1.807, 2.05) is 6.92 Å². The van der Waals surface area contributed by atoms with E-state index in [0.717, 1.165) is 4.90 Å². The summed E-state index contributed by atoms with van der Waals surface area (Å²) in [6, 6.07) is -1.21. The third kappa shape index (κ3) is 15.2. The lowest BCUT2D eigenvalue weighted by Gasteiger charge is -2.32. The Labute approximate surface area is 364 Å². The van der Waals surface area contributed by atoms with Crippen LogP contribution in [0.5, 0.6) is 0 Å². The van der Waals surface area contributed by atoms with E-state index in [9.17, 15) is 58.5 Å². The molecule has 3 rings (SSSR count). The summed E-state index contributed by atoms with van der Waals surface area (Å²) in [5, 5.41) is 42.0. The van der Waals surface area contributed by atoms with Gasteiger partial charge in [-0.25, -0.2) is 4.79 Å². The predicted octanol–water partition coefficient (Wildman–Crippen LogP) is -3.75. The second-order valence-electron chi connectivity index (χ2n) is 15.5. The number of hydrogen-bond donors (Lipinski definition) is 11. The first kappa shape index (κ1) is 51.0. The van der Waals surface area contributed by atoms with Crippen LogP contribution in [-0.2, 0) is 49.6 Å². The SMILES string of the molecule is CC[C@H](C)[C@H](NC(=O)CN)C(=O)N1CCC[C@H]1C(=O)N[C@@H](CC(=O)O)C(=O)N[C@@H](Cc1ccccc1)C(=O)N[C@@H](CCCN=C(N)N)C(=O)N[C@@H](CO)C(=O)N1CCC[C@H]1C(=O)O. The lowest BCUT2D eigenvalue weighted by Crippen LogP contribution is -2.61. The molecule has 2 aliphatic rings. The van der Waals surface area contributed by atoms with Crippen LogP contribution in [0.3, 0.4) is 0 Å². The molecule has 1 aromatic carbocycles. The van der Waals surface area contributed by atoms with E-state index in [2.05, 4.69) is 31.6 Å². The molecule has 2 aliphatic heterocycles. The Balaban J connectivity index is 1.88. The lowest BCUT2D eigenvalue weighted by molar-refractivity contribution is -0.150. The zero-order valence-electron chi connectivity index (χ0n) is 35.5. The highest BCUT2D eigenvalue weighted by atomic mass is 16.4. The first-order valence-corrected chi connectivity index (χ1v) is 20.9. The zero-order valence-corrected chi connectivity index (χ0v) is 35.5. The number of carboxylic acids is 2. The van der Waals surface area contributed by atoms with Gasteiger partial charge < -0.3 is 68.9 Å². The van der Waals surface area contributed by atoms with Gasteiger partial charge in [0.15, 0.2) is 5.96 Å². The van der Waals surface area contributed by atoms with Gasteiger partial charge in [-0.3, -0.25) is 43.3 Å². The first-order chi connectivity index (χ1) is 29.9. The van der Waals surface area contributed by atoms with E-state index in [1.54, 1.807) is 37.3 Å². The van der Waals surface area contributed by atoms with Gasteiger partial charge in [-0.05, 0) is 50.0 Å². The number of aliphatic carboxylic acids is 2. The molecule has 2 fully saturated rings. The van der Waals surface area contributed by atoms with Gasteiger partial charge in [0.05, 0.1) is 19.6 Å². The third-order valence-electron chi connectivity index (χ3n) is 10.9. The van der Waals surface area contributed by atoms with Crippen LogP contribution in [0.2, 0.25) is 0 Å². The highest BCUT2D eigenvalue weighted by Gasteiger charge is 2.42. The van der Waals surface area contributed by atoms with Gasteiger partial charge in [0.2, 0.25) is 41.4 Å². The number of aliphatic hydroxyl groups is 1. The number of benzene rings is 1. The molecule has 348 valence electrons. The average molecular weight is 888 g/mol. The number of aliphatic hydroxyl groups excluding tert-OH is 1. The van der Waals surface area contributed by atoms with Crippen molar-refractivity contribution in [3.05, 3.63) is 35.9 Å². The maximum Gasteiger partial charge on any atom is 0.326 e. The maximum atomic E-state index is 14.1. The fourth-order valence-electron chi connectivity index (χ4n) is 7.37. The summed E-state index contributed by atoms with van der Waals surface area (Å²) in [5.74, 6) is -9.06. The molecule has 0 radical (unpaired) electrons. The fraction of sp³-hybridized carbons (Fsp3) is 0.600. The molecule has 0 unspecified atom stereocenters. The smallest absolute Gasteiger partial charge is 0.326 e. The molecule has 63 heavy (non-hydrogen) atoms. The van der Waals surface area contributed by atoms with Crippen LogP contribution >= 0.6 is 0 Å². The molecule has 0 aliphatic carbocycles. The molecule has 1 aromatic rings. The van der Waals surface area contributed by atoms with Gasteiger partial charge in [-0.2, -0.15) is 0 Å². The zero-order chi connectivity index (χ0) is 46.8. The first-order valence-electron chi connectivity index (χ1n) is 20.9. The van der Waals surface area contributed by atoms with E-state index in [0.29, 0.717) is 24.8 Å². The Kier molecular flexibility index (Phi) is 20.2. The Hall–Kier alpha value is -6.36. The van der Waals surface area contributed by atoms with Gasteiger partial charge in [0, 0.05) is 26.1 Å². The number of nitrogens with two attached hydrogens (primary N) is 3. The molecule has 0 saturated carbocycles. The van der Waals surface area contributed by atoms with Crippen molar-refractivity contribution in [3.8, 4) is 0 Å². The minimum Gasteiger partial charge on any atom is -0.481 e. The largest absolute Gasteiger partial charge is 0.481 e. The van der Waals surface area contributed by atoms with Crippen LogP contribution in [0.25, 0.3) is 0 Å². The second-order valence-corrected chi connectivity index (χ2v) is 15.5. The van der Waals surface area contributed by atoms with Crippen molar-refractivity contribution in [2.45, 2.75) is 114 Å². The third-order valence-corrected chi connectivity index (χ3v) is 10.9. The Bertz CT molecular complexity index is 1830. The van der Waals surface area contributed by atoms with E-state index in [4.69, 9.17) is 17.2 Å². The van der Waals surface area contributed by atoms with Crippen LogP contribution in [0, 0.1) is 5.92 Å². The van der Waals surface area contributed by atoms with Crippen LogP contribution in [0.15, 0.2) is 35.3 Å². The number of nitrogens with one attached hydrogen (secondary N) is 5. The number of nitrogens with zero attached hydrogens (tertiary/aromatic N) is 3. The fourth-order valence-corrected chi connectivity index (χ4v) is 7.37. The molecular formula is C40H61N11O12. The molecule has 0 bridgehead atoms. The summed E-state index contributed by atoms with van der Waals surface area (Å²) in [4.78, 5) is 125. The number of aliphatic imine (C=N–C) groups is 1. The minimum atomic E-state index is -1.75. The van der Waals surface area contributed by atoms with Gasteiger partial charge in [-0.1, -0.05) is 50.6 Å². The number of carbonyl (C=O) groups excluding carboxylic acids is 7. The maximum absolute atomic E-state index is 14.1. The van der Waals surface area contributed by atoms with Crippen molar-refractivity contribution in [1.82, 2.24) is 36.4 Å². The summed E-state index contributed by atoms with van der Waals surface area (Å²) in [6.07, 6.45) is 0.507. The number of guanidine groups is 1. The van der Waals surface area contributed by atoms with Gasteiger partial charge in [-0.15, -0.1) is 0 Å². The Morgan fingerprint density at radius 1 is 0.778 bits per heavy atom. The van der Waals surface area contributed by atoms with Crippen molar-refractivity contribution >= 4 is 59.2 Å². The highest BCUT2D eigenvalue weighted by Crippen LogP contribution is 2.22. The molecule has 2 heterocycles. The number of rotatable bonds is 24. The van der Waals surface area contributed by atoms with Crippen molar-refractivity contribution in [1.29, 1.82) is 0 Å². The van der Waals surface area contributed by atoms with E-state index < -0.39 is 109 Å². The summed E-state index contributed by atoms with van der Waals surface area (Å²) in [5.41, 5.74) is 16.9. The monoisotopic (exact) mass is 887 g/mol. The normalized spacial score (nSPS) is 18.7. The summed E-state index contributed by atoms with van der Waals surface area (Å²) < 4.78 is 0. The number of hydrogen-bond acceptors (Lipinski definition) is 12. The van der Waals surface area contributed by atoms with Crippen LogP contribution in [0.4, 0.5) is 0 Å². The van der Waals surface area contributed by atoms with Crippen LogP contribution in [0.1, 0.15) is 70.8 Å². The Morgan fingerprint density at radius 3 is 1.92 bits per heavy atom. The van der Waals surface area contributed by atoms with Crippen LogP contribution in [-0.4, -0.2) is 159 Å². The molecule has 7 amide bonds. The minimum absolute atomic E-state index is 0.0177. The highest BCUT2D eigenvalue weighted by molar-refractivity contribution is 5.98. The van der Waals surface area contributed by atoms with Gasteiger partial charge in [0.1, 0.15) is 42.3 Å². The van der Waals surface area contributed by atoms with Gasteiger partial charge >= 0.3 is 11.9 Å². The van der Waals surface area contributed by atoms with Crippen molar-refractivity contribution in [2.24, 2.45) is 28.1 Å². The molecule has 14 N–H and O–H groups in total. The predicted molar refractivity (Wildman–Crippen MR) is 225 cm³/mol. The van der Waals surface area contributed by atoms with E-state index >= 15 is 0 Å². The molecular weight excluding hydrogens is 827 g/mol. The van der Waals surface area contributed by atoms with Crippen molar-refractivity contribution in [3.63, 3.8) is 0 Å². The van der Waals surface area contributed by atoms with Crippen LogP contribution < -0.4 is 43.8 Å². The number of carbonyl (C=O) groups is 9. The average Bonchev–Trinajstić information content (AvgIpc) is 3.96. The number of carboxylic acid groups (broad SMARTS) is 2. The van der Waals surface area contributed by atoms with E-state index in [-0.39, 0.29) is 70.2 Å². The lowest BCUT2D eigenvalue weighted by atomic mass is 9.97. The number of likely N-dealkylation sites (tertiary alicyclic amines) is 2.